The van der Waals surface area contributed by atoms with Gasteiger partial charge in [-0.25, -0.2) is 13.1 Å². The monoisotopic (exact) mass is 283 g/mol. The molecule has 0 radical (unpaired) electrons. The molecule has 1 aromatic heterocycles. The molecule has 2 unspecified atom stereocenters. The molecule has 6 heteroatoms. The van der Waals surface area contributed by atoms with Crippen molar-refractivity contribution < 1.29 is 8.42 Å². The van der Waals surface area contributed by atoms with Crippen LogP contribution >= 0.6 is 0 Å². The number of nitrogens with one attached hydrogen (secondary N) is 2. The molecular weight excluding hydrogens is 262 g/mol. The van der Waals surface area contributed by atoms with Crippen LogP contribution in [-0.2, 0) is 10.0 Å². The number of piperidine rings is 1. The highest BCUT2D eigenvalue weighted by Crippen LogP contribution is 2.15. The lowest BCUT2D eigenvalue weighted by Crippen LogP contribution is -2.38. The van der Waals surface area contributed by atoms with E-state index < -0.39 is 10.0 Å². The van der Waals surface area contributed by atoms with Crippen LogP contribution in [0, 0.1) is 5.92 Å². The van der Waals surface area contributed by atoms with E-state index in [1.54, 1.807) is 12.4 Å². The summed E-state index contributed by atoms with van der Waals surface area (Å²) in [6.07, 6.45) is 5.40. The topological polar surface area (TPSA) is 71.1 Å². The summed E-state index contributed by atoms with van der Waals surface area (Å²) in [5, 5.41) is 3.24. The molecule has 2 N–H and O–H groups in total. The smallest absolute Gasteiger partial charge is 0.212 e. The van der Waals surface area contributed by atoms with Crippen LogP contribution < -0.4 is 10.0 Å². The van der Waals surface area contributed by atoms with Crippen LogP contribution in [-0.4, -0.2) is 32.2 Å². The first kappa shape index (κ1) is 14.4. The van der Waals surface area contributed by atoms with E-state index in [4.69, 9.17) is 0 Å². The van der Waals surface area contributed by atoms with Crippen LogP contribution in [0.15, 0.2) is 24.5 Å². The number of rotatable bonds is 5. The Morgan fingerprint density at radius 2 is 2.42 bits per heavy atom. The Morgan fingerprint density at radius 3 is 3.05 bits per heavy atom. The van der Waals surface area contributed by atoms with Gasteiger partial charge in [-0.2, -0.15) is 0 Å². The second kappa shape index (κ2) is 6.45. The molecule has 106 valence electrons. The average molecular weight is 283 g/mol. The van der Waals surface area contributed by atoms with Crippen molar-refractivity contribution in [1.29, 1.82) is 0 Å². The standard InChI is InChI=1S/C13H21N3O2S/c1-11(13-5-3-7-15-9-13)16-19(17,18)10-12-4-2-6-14-8-12/h3,5,7,9,11-12,14,16H,2,4,6,8,10H2,1H3. The van der Waals surface area contributed by atoms with Gasteiger partial charge in [0.1, 0.15) is 0 Å². The maximum Gasteiger partial charge on any atom is 0.212 e. The fourth-order valence-electron chi connectivity index (χ4n) is 2.39. The zero-order valence-corrected chi connectivity index (χ0v) is 12.0. The first-order chi connectivity index (χ1) is 9.07. The van der Waals surface area contributed by atoms with E-state index in [1.807, 2.05) is 19.1 Å². The van der Waals surface area contributed by atoms with Crippen LogP contribution in [0.25, 0.3) is 0 Å². The average Bonchev–Trinajstić information content (AvgIpc) is 2.39. The molecule has 0 spiro atoms. The molecule has 2 rings (SSSR count). The molecule has 0 amide bonds. The van der Waals surface area contributed by atoms with Gasteiger partial charge in [-0.3, -0.25) is 4.98 Å². The Balaban J connectivity index is 1.93. The van der Waals surface area contributed by atoms with Crippen molar-refractivity contribution in [3.63, 3.8) is 0 Å². The number of hydrogen-bond acceptors (Lipinski definition) is 4. The summed E-state index contributed by atoms with van der Waals surface area (Å²) >= 11 is 0. The molecule has 0 saturated carbocycles. The lowest BCUT2D eigenvalue weighted by molar-refractivity contribution is 0.402. The molecule has 1 fully saturated rings. The van der Waals surface area contributed by atoms with Crippen LogP contribution in [0.3, 0.4) is 0 Å². The summed E-state index contributed by atoms with van der Waals surface area (Å²) in [6, 6.07) is 3.45. The highest BCUT2D eigenvalue weighted by molar-refractivity contribution is 7.89. The summed E-state index contributed by atoms with van der Waals surface area (Å²) < 4.78 is 27.0. The maximum absolute atomic E-state index is 12.1. The SMILES string of the molecule is CC(NS(=O)(=O)CC1CCCNC1)c1cccnc1. The predicted octanol–water partition coefficient (Wildman–Crippen LogP) is 1.06. The van der Waals surface area contributed by atoms with E-state index in [2.05, 4.69) is 15.0 Å². The minimum absolute atomic E-state index is 0.199. The van der Waals surface area contributed by atoms with Gasteiger partial charge in [-0.1, -0.05) is 6.07 Å². The molecule has 1 aliphatic heterocycles. The minimum Gasteiger partial charge on any atom is -0.316 e. The van der Waals surface area contributed by atoms with Gasteiger partial charge in [0, 0.05) is 18.4 Å². The van der Waals surface area contributed by atoms with Crippen molar-refractivity contribution in [2.45, 2.75) is 25.8 Å². The van der Waals surface area contributed by atoms with Crippen LogP contribution in [0.1, 0.15) is 31.4 Å². The van der Waals surface area contributed by atoms with Gasteiger partial charge in [0.15, 0.2) is 0 Å². The quantitative estimate of drug-likeness (QED) is 0.848. The summed E-state index contributed by atoms with van der Waals surface area (Å²) in [4.78, 5) is 4.01. The van der Waals surface area contributed by atoms with Gasteiger partial charge in [-0.15, -0.1) is 0 Å². The third-order valence-electron chi connectivity index (χ3n) is 3.39. The number of nitrogens with zero attached hydrogens (tertiary/aromatic N) is 1. The molecular formula is C13H21N3O2S. The molecule has 0 aliphatic carbocycles. The van der Waals surface area contributed by atoms with Crippen LogP contribution in [0.4, 0.5) is 0 Å². The van der Waals surface area contributed by atoms with Gasteiger partial charge in [0.05, 0.1) is 5.75 Å². The Bertz CT molecular complexity index is 484. The molecule has 5 nitrogen and oxygen atoms in total. The van der Waals surface area contributed by atoms with Crippen molar-refractivity contribution in [2.24, 2.45) is 5.92 Å². The number of aromatic nitrogens is 1. The lowest BCUT2D eigenvalue weighted by atomic mass is 10.0. The maximum atomic E-state index is 12.1. The number of hydrogen-bond donors (Lipinski definition) is 2. The van der Waals surface area contributed by atoms with Crippen molar-refractivity contribution in [2.75, 3.05) is 18.8 Å². The molecule has 19 heavy (non-hydrogen) atoms. The van der Waals surface area contributed by atoms with E-state index in [0.717, 1.165) is 31.5 Å². The molecule has 1 aliphatic rings. The molecule has 1 aromatic rings. The number of sulfonamides is 1. The fraction of sp³-hybridized carbons (Fsp3) is 0.615. The Morgan fingerprint density at radius 1 is 1.58 bits per heavy atom. The molecule has 0 bridgehead atoms. The molecule has 2 heterocycles. The third-order valence-corrected chi connectivity index (χ3v) is 5.02. The van der Waals surface area contributed by atoms with Crippen molar-refractivity contribution in [1.82, 2.24) is 15.0 Å². The molecule has 0 aromatic carbocycles. The van der Waals surface area contributed by atoms with E-state index >= 15 is 0 Å². The number of pyridine rings is 1. The fourth-order valence-corrected chi connectivity index (χ4v) is 4.07. The largest absolute Gasteiger partial charge is 0.316 e. The summed E-state index contributed by atoms with van der Waals surface area (Å²) in [6.45, 7) is 3.63. The summed E-state index contributed by atoms with van der Waals surface area (Å²) in [5.41, 5.74) is 0.882. The lowest BCUT2D eigenvalue weighted by Gasteiger charge is -2.23. The first-order valence-corrected chi connectivity index (χ1v) is 8.33. The van der Waals surface area contributed by atoms with E-state index in [0.29, 0.717) is 0 Å². The van der Waals surface area contributed by atoms with Gasteiger partial charge in [0.2, 0.25) is 10.0 Å². The summed E-state index contributed by atoms with van der Waals surface area (Å²) in [7, 11) is -3.25. The third kappa shape index (κ3) is 4.56. The zero-order chi connectivity index (χ0) is 13.7. The van der Waals surface area contributed by atoms with Crippen molar-refractivity contribution in [3.8, 4) is 0 Å². The molecule has 1 saturated heterocycles. The van der Waals surface area contributed by atoms with E-state index in [-0.39, 0.29) is 17.7 Å². The van der Waals surface area contributed by atoms with Crippen molar-refractivity contribution >= 4 is 10.0 Å². The Hall–Kier alpha value is -0.980. The van der Waals surface area contributed by atoms with Crippen LogP contribution in [0.5, 0.6) is 0 Å². The first-order valence-electron chi connectivity index (χ1n) is 6.67. The van der Waals surface area contributed by atoms with Gasteiger partial charge in [-0.05, 0) is 50.4 Å². The second-order valence-corrected chi connectivity index (χ2v) is 6.92. The molecule has 2 atom stereocenters. The van der Waals surface area contributed by atoms with Gasteiger partial charge < -0.3 is 5.32 Å². The normalized spacial score (nSPS) is 22.1. The highest BCUT2D eigenvalue weighted by Gasteiger charge is 2.22. The van der Waals surface area contributed by atoms with E-state index in [9.17, 15) is 8.42 Å². The minimum atomic E-state index is -3.25. The highest BCUT2D eigenvalue weighted by atomic mass is 32.2. The summed E-state index contributed by atoms with van der Waals surface area (Å²) in [5.74, 6) is 0.414. The van der Waals surface area contributed by atoms with Gasteiger partial charge in [0.25, 0.3) is 0 Å². The van der Waals surface area contributed by atoms with E-state index in [1.165, 1.54) is 0 Å². The second-order valence-electron chi connectivity index (χ2n) is 5.12. The van der Waals surface area contributed by atoms with Crippen molar-refractivity contribution in [3.05, 3.63) is 30.1 Å². The predicted molar refractivity (Wildman–Crippen MR) is 75.2 cm³/mol. The Labute approximate surface area is 114 Å². The van der Waals surface area contributed by atoms with Gasteiger partial charge >= 0.3 is 0 Å². The Kier molecular flexibility index (Phi) is 4.90. The van der Waals surface area contributed by atoms with Crippen LogP contribution in [0.2, 0.25) is 0 Å². The zero-order valence-electron chi connectivity index (χ0n) is 11.2.